The van der Waals surface area contributed by atoms with Gasteiger partial charge < -0.3 is 9.84 Å². The number of unbranched alkanes of at least 4 members (excludes halogenated alkanes) is 1. The van der Waals surface area contributed by atoms with Crippen molar-refractivity contribution in [1.82, 2.24) is 0 Å². The Balaban J connectivity index is 0. The van der Waals surface area contributed by atoms with Crippen LogP contribution in [0.25, 0.3) is 0 Å². The van der Waals surface area contributed by atoms with E-state index in [4.69, 9.17) is 9.84 Å². The van der Waals surface area contributed by atoms with E-state index in [-0.39, 0.29) is 0 Å². The summed E-state index contributed by atoms with van der Waals surface area (Å²) in [6.07, 6.45) is 3.76. The maximum absolute atomic E-state index is 8.63. The van der Waals surface area contributed by atoms with Crippen LogP contribution in [0.15, 0.2) is 30.3 Å². The van der Waals surface area contributed by atoms with E-state index >= 15 is 0 Å². The van der Waals surface area contributed by atoms with Gasteiger partial charge in [0.1, 0.15) is 5.75 Å². The summed E-state index contributed by atoms with van der Waals surface area (Å²) in [5.41, 5.74) is 0.834. The molecule has 0 aliphatic carbocycles. The smallest absolute Gasteiger partial charge is 0.115 e. The lowest BCUT2D eigenvalue weighted by atomic mass is 9.67. The first-order chi connectivity index (χ1) is 10.2. The van der Waals surface area contributed by atoms with E-state index in [2.05, 4.69) is 34.6 Å². The van der Waals surface area contributed by atoms with Gasteiger partial charge in [0.2, 0.25) is 0 Å². The molecule has 0 aliphatic rings. The van der Waals surface area contributed by atoms with Crippen molar-refractivity contribution < 1.29 is 9.84 Å². The normalized spacial score (nSPS) is 10.9. The Morgan fingerprint density at radius 2 is 1.41 bits per heavy atom. The molecule has 0 saturated carbocycles. The molecule has 1 rings (SSSR count). The van der Waals surface area contributed by atoms with Crippen LogP contribution in [0.1, 0.15) is 67.7 Å². The Morgan fingerprint density at radius 3 is 1.73 bits per heavy atom. The molecule has 0 bridgehead atoms. The Morgan fingerprint density at radius 1 is 0.909 bits per heavy atom. The Hall–Kier alpha value is -1.02. The second-order valence-corrected chi connectivity index (χ2v) is 6.92. The van der Waals surface area contributed by atoms with Crippen LogP contribution in [0, 0.1) is 10.8 Å². The molecule has 0 amide bonds. The van der Waals surface area contributed by atoms with Gasteiger partial charge in [-0.25, -0.2) is 0 Å². The van der Waals surface area contributed by atoms with Gasteiger partial charge in [-0.05, 0) is 35.8 Å². The molecular formula is C20H38O2. The lowest BCUT2D eigenvalue weighted by Gasteiger charge is -2.39. The quantitative estimate of drug-likeness (QED) is 0.647. The summed E-state index contributed by atoms with van der Waals surface area (Å²) in [4.78, 5) is 0. The van der Waals surface area contributed by atoms with Gasteiger partial charge >= 0.3 is 0 Å². The fourth-order valence-corrected chi connectivity index (χ4v) is 1.62. The van der Waals surface area contributed by atoms with E-state index in [9.17, 15) is 0 Å². The number of phenolic OH excluding ortho intramolecular Hbond substituents is 1. The molecule has 22 heavy (non-hydrogen) atoms. The first kappa shape index (κ1) is 23.2. The second-order valence-electron chi connectivity index (χ2n) is 6.92. The van der Waals surface area contributed by atoms with Gasteiger partial charge in [0.05, 0.1) is 0 Å². The standard InChI is InChI=1S/C12H26O.C6H6O.C2H6/c1-11(2,3)12(4,5)9-7-8-10-13-6;7-6-4-2-1-3-5-6;1-2/h7-10H2,1-6H3;1-5,7H;1-2H3. The highest BCUT2D eigenvalue weighted by molar-refractivity contribution is 5.18. The van der Waals surface area contributed by atoms with E-state index in [1.807, 2.05) is 19.9 Å². The third kappa shape index (κ3) is 11.6. The van der Waals surface area contributed by atoms with Crippen molar-refractivity contribution >= 4 is 0 Å². The van der Waals surface area contributed by atoms with E-state index in [0.717, 1.165) is 6.61 Å². The van der Waals surface area contributed by atoms with E-state index < -0.39 is 0 Å². The van der Waals surface area contributed by atoms with E-state index in [0.29, 0.717) is 16.6 Å². The Kier molecular flexibility index (Phi) is 13.2. The minimum Gasteiger partial charge on any atom is -0.508 e. The molecule has 0 aliphatic heterocycles. The maximum atomic E-state index is 8.63. The largest absolute Gasteiger partial charge is 0.508 e. The first-order valence-electron chi connectivity index (χ1n) is 8.43. The third-order valence-corrected chi connectivity index (χ3v) is 4.19. The molecular weight excluding hydrogens is 272 g/mol. The molecule has 0 radical (unpaired) electrons. The number of benzene rings is 1. The number of aromatic hydroxyl groups is 1. The molecule has 1 aromatic carbocycles. The predicted molar refractivity (Wildman–Crippen MR) is 98.4 cm³/mol. The molecule has 0 unspecified atom stereocenters. The van der Waals surface area contributed by atoms with Crippen molar-refractivity contribution in [2.24, 2.45) is 10.8 Å². The fourth-order valence-electron chi connectivity index (χ4n) is 1.62. The van der Waals surface area contributed by atoms with Gasteiger partial charge in [-0.2, -0.15) is 0 Å². The monoisotopic (exact) mass is 310 g/mol. The second kappa shape index (κ2) is 12.5. The minimum absolute atomic E-state index is 0.322. The molecule has 0 fully saturated rings. The summed E-state index contributed by atoms with van der Waals surface area (Å²) in [6.45, 7) is 16.6. The molecule has 0 heterocycles. The van der Waals surface area contributed by atoms with Crippen LogP contribution in [-0.4, -0.2) is 18.8 Å². The van der Waals surface area contributed by atoms with Crippen LogP contribution in [0.3, 0.4) is 0 Å². The van der Waals surface area contributed by atoms with E-state index in [1.165, 1.54) is 19.3 Å². The van der Waals surface area contributed by atoms with Gasteiger partial charge in [-0.3, -0.25) is 0 Å². The number of hydrogen-bond donors (Lipinski definition) is 1. The lowest BCUT2D eigenvalue weighted by molar-refractivity contribution is 0.109. The zero-order valence-corrected chi connectivity index (χ0v) is 16.1. The summed E-state index contributed by atoms with van der Waals surface area (Å²) in [6, 6.07) is 8.71. The van der Waals surface area contributed by atoms with Crippen LogP contribution in [0.4, 0.5) is 0 Å². The average molecular weight is 311 g/mol. The van der Waals surface area contributed by atoms with Crippen molar-refractivity contribution in [3.8, 4) is 5.75 Å². The molecule has 0 spiro atoms. The first-order valence-corrected chi connectivity index (χ1v) is 8.43. The summed E-state index contributed by atoms with van der Waals surface area (Å²) in [7, 11) is 1.77. The number of ether oxygens (including phenoxy) is 1. The number of para-hydroxylation sites is 1. The summed E-state index contributed by atoms with van der Waals surface area (Å²) >= 11 is 0. The highest BCUT2D eigenvalue weighted by Crippen LogP contribution is 2.41. The van der Waals surface area contributed by atoms with Crippen molar-refractivity contribution in [3.63, 3.8) is 0 Å². The Bertz CT molecular complexity index is 336. The van der Waals surface area contributed by atoms with Gasteiger partial charge in [0.15, 0.2) is 0 Å². The highest BCUT2D eigenvalue weighted by Gasteiger charge is 2.31. The van der Waals surface area contributed by atoms with Gasteiger partial charge in [0.25, 0.3) is 0 Å². The summed E-state index contributed by atoms with van der Waals surface area (Å²) in [5, 5.41) is 8.63. The zero-order valence-electron chi connectivity index (χ0n) is 16.1. The van der Waals surface area contributed by atoms with Crippen molar-refractivity contribution in [2.45, 2.75) is 67.7 Å². The van der Waals surface area contributed by atoms with Crippen LogP contribution < -0.4 is 0 Å². The Labute approximate surface area is 138 Å². The number of phenols is 1. The number of rotatable bonds is 5. The highest BCUT2D eigenvalue weighted by atomic mass is 16.5. The van der Waals surface area contributed by atoms with Crippen LogP contribution in [0.5, 0.6) is 5.75 Å². The average Bonchev–Trinajstić information content (AvgIpc) is 2.46. The summed E-state index contributed by atoms with van der Waals surface area (Å²) in [5.74, 6) is 0.322. The van der Waals surface area contributed by atoms with Gasteiger partial charge in [0, 0.05) is 13.7 Å². The third-order valence-electron chi connectivity index (χ3n) is 4.19. The molecule has 130 valence electrons. The minimum atomic E-state index is 0.322. The van der Waals surface area contributed by atoms with Crippen molar-refractivity contribution in [3.05, 3.63) is 30.3 Å². The molecule has 2 nitrogen and oxygen atoms in total. The van der Waals surface area contributed by atoms with Crippen LogP contribution >= 0.6 is 0 Å². The molecule has 0 saturated heterocycles. The maximum Gasteiger partial charge on any atom is 0.115 e. The SMILES string of the molecule is CC.COCCCCC(C)(C)C(C)(C)C.Oc1ccccc1. The van der Waals surface area contributed by atoms with Crippen LogP contribution in [0.2, 0.25) is 0 Å². The summed E-state index contributed by atoms with van der Waals surface area (Å²) < 4.78 is 5.04. The van der Waals surface area contributed by atoms with Crippen LogP contribution in [-0.2, 0) is 4.74 Å². The van der Waals surface area contributed by atoms with Crippen molar-refractivity contribution in [2.75, 3.05) is 13.7 Å². The molecule has 1 aromatic rings. The predicted octanol–water partition coefficient (Wildman–Crippen LogP) is 6.29. The van der Waals surface area contributed by atoms with Gasteiger partial charge in [-0.15, -0.1) is 0 Å². The zero-order chi connectivity index (χ0) is 17.6. The molecule has 2 heteroatoms. The molecule has 0 aromatic heterocycles. The molecule has 0 atom stereocenters. The molecule has 1 N–H and O–H groups in total. The lowest BCUT2D eigenvalue weighted by Crippen LogP contribution is -2.29. The topological polar surface area (TPSA) is 29.5 Å². The fraction of sp³-hybridized carbons (Fsp3) is 0.700. The van der Waals surface area contributed by atoms with E-state index in [1.54, 1.807) is 31.4 Å². The van der Waals surface area contributed by atoms with Gasteiger partial charge in [-0.1, -0.05) is 73.1 Å². The number of methoxy groups -OCH3 is 1. The number of hydrogen-bond acceptors (Lipinski definition) is 2. The van der Waals surface area contributed by atoms with Crippen molar-refractivity contribution in [1.29, 1.82) is 0 Å².